The number of nitrogens with zero attached hydrogens (tertiary/aromatic N) is 1. The number of benzene rings is 1. The van der Waals surface area contributed by atoms with E-state index in [4.69, 9.17) is 5.11 Å². The number of rotatable bonds is 6. The molecule has 5 heteroatoms. The number of hydrogen-bond donors (Lipinski definition) is 2. The van der Waals surface area contributed by atoms with Crippen molar-refractivity contribution >= 4 is 17.7 Å². The number of anilines is 1. The summed E-state index contributed by atoms with van der Waals surface area (Å²) in [4.78, 5) is 24.2. The molecule has 0 aliphatic rings. The van der Waals surface area contributed by atoms with Crippen LogP contribution in [0.15, 0.2) is 30.3 Å². The molecule has 19 heavy (non-hydrogen) atoms. The van der Waals surface area contributed by atoms with E-state index in [0.29, 0.717) is 18.2 Å². The van der Waals surface area contributed by atoms with Crippen molar-refractivity contribution in [1.82, 2.24) is 5.32 Å². The lowest BCUT2D eigenvalue weighted by atomic mass is 10.2. The normalized spacial score (nSPS) is 10.3. The Labute approximate surface area is 113 Å². The quantitative estimate of drug-likeness (QED) is 0.828. The van der Waals surface area contributed by atoms with Gasteiger partial charge in [0.1, 0.15) is 0 Å². The van der Waals surface area contributed by atoms with Gasteiger partial charge in [0, 0.05) is 18.8 Å². The van der Waals surface area contributed by atoms with Crippen molar-refractivity contribution in [3.8, 4) is 0 Å². The van der Waals surface area contributed by atoms with E-state index in [0.717, 1.165) is 0 Å². The number of nitrogens with one attached hydrogen (secondary N) is 1. The van der Waals surface area contributed by atoms with Crippen LogP contribution < -0.4 is 10.2 Å². The van der Waals surface area contributed by atoms with Crippen LogP contribution in [0.3, 0.4) is 0 Å². The van der Waals surface area contributed by atoms with Crippen LogP contribution in [0.4, 0.5) is 10.5 Å². The van der Waals surface area contributed by atoms with Crippen LogP contribution in [0.2, 0.25) is 0 Å². The average molecular weight is 264 g/mol. The molecule has 0 fully saturated rings. The van der Waals surface area contributed by atoms with Crippen LogP contribution in [-0.4, -0.2) is 30.2 Å². The zero-order valence-electron chi connectivity index (χ0n) is 11.3. The van der Waals surface area contributed by atoms with Crippen molar-refractivity contribution in [2.75, 3.05) is 18.0 Å². The molecular weight excluding hydrogens is 244 g/mol. The number of carboxylic acids is 1. The summed E-state index contributed by atoms with van der Waals surface area (Å²) in [6.07, 6.45) is -0.0794. The highest BCUT2D eigenvalue weighted by atomic mass is 16.4. The number of hydrogen-bond acceptors (Lipinski definition) is 2. The van der Waals surface area contributed by atoms with Crippen molar-refractivity contribution in [1.29, 1.82) is 0 Å². The van der Waals surface area contributed by atoms with Crippen molar-refractivity contribution in [2.45, 2.75) is 20.3 Å². The fraction of sp³-hybridized carbons (Fsp3) is 0.429. The molecule has 0 aromatic heterocycles. The summed E-state index contributed by atoms with van der Waals surface area (Å²) in [5, 5.41) is 11.5. The molecule has 0 radical (unpaired) electrons. The third kappa shape index (κ3) is 5.42. The van der Waals surface area contributed by atoms with Crippen molar-refractivity contribution < 1.29 is 14.7 Å². The molecule has 1 rings (SSSR count). The van der Waals surface area contributed by atoms with E-state index in [-0.39, 0.29) is 19.0 Å². The van der Waals surface area contributed by atoms with Crippen LogP contribution in [0.1, 0.15) is 20.3 Å². The molecule has 0 atom stereocenters. The summed E-state index contributed by atoms with van der Waals surface area (Å²) in [7, 11) is 0. The number of urea groups is 1. The first-order chi connectivity index (χ1) is 9.00. The summed E-state index contributed by atoms with van der Waals surface area (Å²) in [5.74, 6) is -0.571. The van der Waals surface area contributed by atoms with Gasteiger partial charge in [0.25, 0.3) is 0 Å². The van der Waals surface area contributed by atoms with Gasteiger partial charge in [-0.05, 0) is 18.1 Å². The Morgan fingerprint density at radius 2 is 1.89 bits per heavy atom. The van der Waals surface area contributed by atoms with Gasteiger partial charge in [-0.25, -0.2) is 4.79 Å². The number of carboxylic acid groups (broad SMARTS) is 1. The molecule has 0 heterocycles. The maximum absolute atomic E-state index is 12.1. The van der Waals surface area contributed by atoms with E-state index >= 15 is 0 Å². The summed E-state index contributed by atoms with van der Waals surface area (Å²) in [6, 6.07) is 8.80. The van der Waals surface area contributed by atoms with Crippen LogP contribution in [0.25, 0.3) is 0 Å². The SMILES string of the molecule is CC(C)CNC(=O)N(CCC(=O)O)c1ccccc1. The Morgan fingerprint density at radius 1 is 1.26 bits per heavy atom. The Hall–Kier alpha value is -2.04. The molecule has 0 spiro atoms. The Kier molecular flexibility index (Phi) is 5.85. The molecule has 0 saturated carbocycles. The highest BCUT2D eigenvalue weighted by Crippen LogP contribution is 2.13. The molecule has 0 aliphatic heterocycles. The second kappa shape index (κ2) is 7.41. The lowest BCUT2D eigenvalue weighted by molar-refractivity contribution is -0.136. The molecule has 1 aromatic carbocycles. The minimum absolute atomic E-state index is 0.0794. The van der Waals surface area contributed by atoms with E-state index in [1.165, 1.54) is 4.90 Å². The zero-order chi connectivity index (χ0) is 14.3. The molecule has 0 aliphatic carbocycles. The van der Waals surface area contributed by atoms with Gasteiger partial charge in [0.05, 0.1) is 6.42 Å². The monoisotopic (exact) mass is 264 g/mol. The number of amides is 2. The van der Waals surface area contributed by atoms with Gasteiger partial charge in [-0.3, -0.25) is 9.69 Å². The Bertz CT molecular complexity index is 418. The lowest BCUT2D eigenvalue weighted by Crippen LogP contribution is -2.42. The second-order valence-corrected chi connectivity index (χ2v) is 4.71. The van der Waals surface area contributed by atoms with E-state index in [2.05, 4.69) is 5.32 Å². The lowest BCUT2D eigenvalue weighted by Gasteiger charge is -2.23. The summed E-state index contributed by atoms with van der Waals surface area (Å²) in [5.41, 5.74) is 0.699. The van der Waals surface area contributed by atoms with Crippen LogP contribution in [0, 0.1) is 5.92 Å². The number of para-hydroxylation sites is 1. The molecule has 0 saturated heterocycles. The first-order valence-corrected chi connectivity index (χ1v) is 6.33. The van der Waals surface area contributed by atoms with Gasteiger partial charge in [0.15, 0.2) is 0 Å². The number of carbonyl (C=O) groups is 2. The van der Waals surface area contributed by atoms with Crippen molar-refractivity contribution in [3.63, 3.8) is 0 Å². The minimum Gasteiger partial charge on any atom is -0.481 e. The minimum atomic E-state index is -0.919. The molecule has 1 aromatic rings. The molecular formula is C14H20N2O3. The average Bonchev–Trinajstić information content (AvgIpc) is 2.37. The smallest absolute Gasteiger partial charge is 0.321 e. The molecule has 104 valence electrons. The third-order valence-corrected chi connectivity index (χ3v) is 2.52. The van der Waals surface area contributed by atoms with Gasteiger partial charge >= 0.3 is 12.0 Å². The first-order valence-electron chi connectivity index (χ1n) is 6.33. The highest BCUT2D eigenvalue weighted by molar-refractivity contribution is 5.92. The van der Waals surface area contributed by atoms with E-state index in [1.807, 2.05) is 32.0 Å². The van der Waals surface area contributed by atoms with Gasteiger partial charge < -0.3 is 10.4 Å². The van der Waals surface area contributed by atoms with Gasteiger partial charge in [-0.15, -0.1) is 0 Å². The second-order valence-electron chi connectivity index (χ2n) is 4.71. The van der Waals surface area contributed by atoms with Crippen molar-refractivity contribution in [2.24, 2.45) is 5.92 Å². The van der Waals surface area contributed by atoms with Crippen LogP contribution in [0.5, 0.6) is 0 Å². The number of aliphatic carboxylic acids is 1. The zero-order valence-corrected chi connectivity index (χ0v) is 11.3. The van der Waals surface area contributed by atoms with E-state index < -0.39 is 5.97 Å². The predicted molar refractivity (Wildman–Crippen MR) is 74.3 cm³/mol. The third-order valence-electron chi connectivity index (χ3n) is 2.52. The highest BCUT2D eigenvalue weighted by Gasteiger charge is 2.16. The Balaban J connectivity index is 2.74. The summed E-state index contributed by atoms with van der Waals surface area (Å²) < 4.78 is 0. The van der Waals surface area contributed by atoms with E-state index in [9.17, 15) is 9.59 Å². The van der Waals surface area contributed by atoms with Gasteiger partial charge in [-0.2, -0.15) is 0 Å². The maximum atomic E-state index is 12.1. The van der Waals surface area contributed by atoms with Crippen LogP contribution in [-0.2, 0) is 4.79 Å². The number of carbonyl (C=O) groups excluding carboxylic acids is 1. The van der Waals surface area contributed by atoms with E-state index in [1.54, 1.807) is 12.1 Å². The fourth-order valence-corrected chi connectivity index (χ4v) is 1.55. The van der Waals surface area contributed by atoms with Crippen molar-refractivity contribution in [3.05, 3.63) is 30.3 Å². The molecule has 5 nitrogen and oxygen atoms in total. The van der Waals surface area contributed by atoms with Gasteiger partial charge in [-0.1, -0.05) is 32.0 Å². The largest absolute Gasteiger partial charge is 0.481 e. The molecule has 2 amide bonds. The van der Waals surface area contributed by atoms with Crippen LogP contribution >= 0.6 is 0 Å². The Morgan fingerprint density at radius 3 is 2.42 bits per heavy atom. The maximum Gasteiger partial charge on any atom is 0.321 e. The fourth-order valence-electron chi connectivity index (χ4n) is 1.55. The molecule has 2 N–H and O–H groups in total. The summed E-state index contributed by atoms with van der Waals surface area (Å²) >= 11 is 0. The first kappa shape index (κ1) is 15.0. The van der Waals surface area contributed by atoms with Gasteiger partial charge in [0.2, 0.25) is 0 Å². The summed E-state index contributed by atoms with van der Waals surface area (Å²) in [6.45, 7) is 4.73. The topological polar surface area (TPSA) is 69.6 Å². The molecule has 0 unspecified atom stereocenters. The standard InChI is InChI=1S/C14H20N2O3/c1-11(2)10-15-14(19)16(9-8-13(17)18)12-6-4-3-5-7-12/h3-7,11H,8-10H2,1-2H3,(H,15,19)(H,17,18). The predicted octanol–water partition coefficient (Wildman–Crippen LogP) is 2.33. The molecule has 0 bridgehead atoms.